The molecule has 1 rings (SSSR count). The van der Waals surface area contributed by atoms with Crippen molar-refractivity contribution in [2.75, 3.05) is 13.2 Å². The average Bonchev–Trinajstić information content (AvgIpc) is 2.30. The van der Waals surface area contributed by atoms with Crippen LogP contribution in [0.15, 0.2) is 24.0 Å². The first-order valence-corrected chi connectivity index (χ1v) is 7.33. The number of hydrogen-bond acceptors (Lipinski definition) is 2. The predicted molar refractivity (Wildman–Crippen MR) is 75.2 cm³/mol. The van der Waals surface area contributed by atoms with Gasteiger partial charge in [0.25, 0.3) is 0 Å². The minimum absolute atomic E-state index is 0.363. The van der Waals surface area contributed by atoms with E-state index in [9.17, 15) is 0 Å². The summed E-state index contributed by atoms with van der Waals surface area (Å²) in [5, 5.41) is 0. The Morgan fingerprint density at radius 1 is 1.24 bits per heavy atom. The summed E-state index contributed by atoms with van der Waals surface area (Å²) in [4.78, 5) is 0. The Morgan fingerprint density at radius 2 is 1.94 bits per heavy atom. The molecule has 0 aromatic heterocycles. The number of ether oxygens (including phenoxy) is 2. The van der Waals surface area contributed by atoms with Gasteiger partial charge in [-0.25, -0.2) is 0 Å². The fourth-order valence-electron chi connectivity index (χ4n) is 1.59. The average molecular weight is 303 g/mol. The third kappa shape index (κ3) is 5.73. The Hall–Kier alpha value is -0.280. The van der Waals surface area contributed by atoms with Gasteiger partial charge in [-0.05, 0) is 40.9 Å². The maximum absolute atomic E-state index is 5.86. The molecule has 3 heteroatoms. The summed E-state index contributed by atoms with van der Waals surface area (Å²) in [5.74, 6) is 1.01. The second-order valence-electron chi connectivity index (χ2n) is 4.36. The Morgan fingerprint density at radius 3 is 2.65 bits per heavy atom. The highest BCUT2D eigenvalue weighted by Gasteiger charge is 2.28. The molecule has 0 fully saturated rings. The molecule has 0 saturated carbocycles. The summed E-state index contributed by atoms with van der Waals surface area (Å²) < 4.78 is 11.2. The van der Waals surface area contributed by atoms with Crippen molar-refractivity contribution in [1.82, 2.24) is 0 Å². The molecule has 1 aliphatic carbocycles. The van der Waals surface area contributed by atoms with Crippen LogP contribution in [-0.2, 0) is 9.47 Å². The van der Waals surface area contributed by atoms with Crippen molar-refractivity contribution in [2.45, 2.75) is 50.5 Å². The van der Waals surface area contributed by atoms with Gasteiger partial charge in [0.15, 0.2) is 0 Å². The number of rotatable bonds is 8. The van der Waals surface area contributed by atoms with Gasteiger partial charge in [0.2, 0.25) is 0 Å². The van der Waals surface area contributed by atoms with Gasteiger partial charge in [-0.1, -0.05) is 32.8 Å². The standard InChI is InChI=1S/C14H23BrO2/c1-3-5-10-16-13-8-7-9-14(15,12-13)17-11-6-4-2/h7-9H,3-6,10-12H2,1-2H3. The maximum Gasteiger partial charge on any atom is 0.148 e. The molecule has 0 bridgehead atoms. The summed E-state index contributed by atoms with van der Waals surface area (Å²) in [6.45, 7) is 5.92. The minimum Gasteiger partial charge on any atom is -0.498 e. The monoisotopic (exact) mass is 302 g/mol. The van der Waals surface area contributed by atoms with Crippen molar-refractivity contribution in [3.05, 3.63) is 24.0 Å². The predicted octanol–water partition coefficient (Wildman–Crippen LogP) is 4.55. The Bertz CT molecular complexity index is 273. The third-order valence-electron chi connectivity index (χ3n) is 2.67. The lowest BCUT2D eigenvalue weighted by Crippen LogP contribution is -2.26. The molecule has 0 N–H and O–H groups in total. The van der Waals surface area contributed by atoms with Crippen molar-refractivity contribution in [3.63, 3.8) is 0 Å². The molecule has 0 heterocycles. The molecule has 0 radical (unpaired) electrons. The number of unbranched alkanes of at least 4 members (excludes halogenated alkanes) is 2. The normalized spacial score (nSPS) is 23.6. The molecule has 0 amide bonds. The quantitative estimate of drug-likeness (QED) is 0.483. The van der Waals surface area contributed by atoms with E-state index < -0.39 is 0 Å². The molecule has 0 saturated heterocycles. The zero-order chi connectivity index (χ0) is 12.6. The van der Waals surface area contributed by atoms with Crippen molar-refractivity contribution >= 4 is 15.9 Å². The van der Waals surface area contributed by atoms with Gasteiger partial charge in [-0.3, -0.25) is 0 Å². The van der Waals surface area contributed by atoms with Crippen LogP contribution in [0.5, 0.6) is 0 Å². The molecule has 1 aliphatic rings. The van der Waals surface area contributed by atoms with Gasteiger partial charge in [0.05, 0.1) is 6.61 Å². The van der Waals surface area contributed by atoms with E-state index in [4.69, 9.17) is 9.47 Å². The SMILES string of the molecule is CCCCOC1=CC=CC(Br)(OCCCC)C1. The summed E-state index contributed by atoms with van der Waals surface area (Å²) in [6.07, 6.45) is 11.4. The first-order chi connectivity index (χ1) is 8.20. The van der Waals surface area contributed by atoms with Crippen molar-refractivity contribution in [2.24, 2.45) is 0 Å². The zero-order valence-corrected chi connectivity index (χ0v) is 12.5. The van der Waals surface area contributed by atoms with Crippen molar-refractivity contribution in [1.29, 1.82) is 0 Å². The second-order valence-corrected chi connectivity index (χ2v) is 5.70. The molecule has 0 spiro atoms. The number of alkyl halides is 1. The van der Waals surface area contributed by atoms with E-state index in [0.717, 1.165) is 51.1 Å². The lowest BCUT2D eigenvalue weighted by atomic mass is 10.1. The lowest BCUT2D eigenvalue weighted by molar-refractivity contribution is 0.0476. The molecule has 1 atom stereocenters. The van der Waals surface area contributed by atoms with Crippen LogP contribution in [0.25, 0.3) is 0 Å². The zero-order valence-electron chi connectivity index (χ0n) is 10.9. The molecular weight excluding hydrogens is 280 g/mol. The van der Waals surface area contributed by atoms with Gasteiger partial charge < -0.3 is 9.47 Å². The lowest BCUT2D eigenvalue weighted by Gasteiger charge is -2.28. The molecule has 0 aromatic carbocycles. The second kappa shape index (κ2) is 7.93. The van der Waals surface area contributed by atoms with Crippen LogP contribution in [0.4, 0.5) is 0 Å². The van der Waals surface area contributed by atoms with Crippen LogP contribution >= 0.6 is 15.9 Å². The van der Waals surface area contributed by atoms with Crippen LogP contribution in [0, 0.1) is 0 Å². The van der Waals surface area contributed by atoms with E-state index in [1.807, 2.05) is 12.2 Å². The summed E-state index contributed by atoms with van der Waals surface area (Å²) in [5.41, 5.74) is 0. The van der Waals surface area contributed by atoms with Gasteiger partial charge in [-0.15, -0.1) is 0 Å². The van der Waals surface area contributed by atoms with Crippen LogP contribution in [-0.4, -0.2) is 17.7 Å². The number of hydrogen-bond donors (Lipinski definition) is 0. The van der Waals surface area contributed by atoms with Crippen molar-refractivity contribution < 1.29 is 9.47 Å². The smallest absolute Gasteiger partial charge is 0.148 e. The first kappa shape index (κ1) is 14.8. The third-order valence-corrected chi connectivity index (χ3v) is 3.44. The van der Waals surface area contributed by atoms with E-state index in [0.29, 0.717) is 0 Å². The van der Waals surface area contributed by atoms with Crippen LogP contribution in [0.3, 0.4) is 0 Å². The van der Waals surface area contributed by atoms with E-state index in [-0.39, 0.29) is 4.51 Å². The Balaban J connectivity index is 2.35. The largest absolute Gasteiger partial charge is 0.498 e. The molecular formula is C14H23BrO2. The van der Waals surface area contributed by atoms with E-state index in [1.54, 1.807) is 0 Å². The Labute approximate surface area is 113 Å². The fraction of sp³-hybridized carbons (Fsp3) is 0.714. The van der Waals surface area contributed by atoms with Gasteiger partial charge >= 0.3 is 0 Å². The van der Waals surface area contributed by atoms with Crippen LogP contribution in [0.1, 0.15) is 46.0 Å². The van der Waals surface area contributed by atoms with Crippen LogP contribution < -0.4 is 0 Å². The van der Waals surface area contributed by atoms with Gasteiger partial charge in [0, 0.05) is 13.0 Å². The summed E-state index contributed by atoms with van der Waals surface area (Å²) >= 11 is 3.65. The topological polar surface area (TPSA) is 18.5 Å². The molecule has 98 valence electrons. The van der Waals surface area contributed by atoms with Gasteiger partial charge in [0.1, 0.15) is 10.3 Å². The number of allylic oxidation sites excluding steroid dienone is 2. The van der Waals surface area contributed by atoms with Gasteiger partial charge in [-0.2, -0.15) is 0 Å². The number of halogens is 1. The van der Waals surface area contributed by atoms with Crippen LogP contribution in [0.2, 0.25) is 0 Å². The molecule has 0 aromatic rings. The van der Waals surface area contributed by atoms with E-state index in [1.165, 1.54) is 0 Å². The van der Waals surface area contributed by atoms with E-state index >= 15 is 0 Å². The molecule has 2 nitrogen and oxygen atoms in total. The van der Waals surface area contributed by atoms with Crippen molar-refractivity contribution in [3.8, 4) is 0 Å². The summed E-state index contributed by atoms with van der Waals surface area (Å²) in [6, 6.07) is 0. The highest BCUT2D eigenvalue weighted by molar-refractivity contribution is 9.10. The highest BCUT2D eigenvalue weighted by atomic mass is 79.9. The fourth-order valence-corrected chi connectivity index (χ4v) is 2.18. The highest BCUT2D eigenvalue weighted by Crippen LogP contribution is 2.33. The molecule has 0 aliphatic heterocycles. The summed E-state index contributed by atoms with van der Waals surface area (Å²) in [7, 11) is 0. The molecule has 17 heavy (non-hydrogen) atoms. The molecule has 1 unspecified atom stereocenters. The Kier molecular flexibility index (Phi) is 6.90. The van der Waals surface area contributed by atoms with E-state index in [2.05, 4.69) is 35.9 Å². The first-order valence-electron chi connectivity index (χ1n) is 6.54. The maximum atomic E-state index is 5.86. The minimum atomic E-state index is -0.363.